The number of hydrogen-bond donors (Lipinski definition) is 1. The predicted octanol–water partition coefficient (Wildman–Crippen LogP) is 4.75. The SMILES string of the molecule is C/C1=C\C[C@@]2(C)C(=O)C=C(C(C)(C)O)[C@@H]2CC/C(C)=C/CC1. The Bertz CT molecular complexity index is 543. The van der Waals surface area contributed by atoms with Gasteiger partial charge in [-0.05, 0) is 77.4 Å². The van der Waals surface area contributed by atoms with Crippen LogP contribution in [0.4, 0.5) is 0 Å². The van der Waals surface area contributed by atoms with Gasteiger partial charge in [0.1, 0.15) is 0 Å². The summed E-state index contributed by atoms with van der Waals surface area (Å²) in [6.45, 7) is 10.0. The van der Waals surface area contributed by atoms with Crippen LogP contribution in [0.5, 0.6) is 0 Å². The molecule has 2 nitrogen and oxygen atoms in total. The molecule has 2 aliphatic rings. The third-order valence-corrected chi connectivity index (χ3v) is 5.43. The summed E-state index contributed by atoms with van der Waals surface area (Å²) in [5.74, 6) is 0.310. The third kappa shape index (κ3) is 3.43. The van der Waals surface area contributed by atoms with E-state index in [0.29, 0.717) is 0 Å². The Hall–Kier alpha value is -1.15. The van der Waals surface area contributed by atoms with E-state index in [2.05, 4.69) is 32.9 Å². The van der Waals surface area contributed by atoms with Crippen LogP contribution in [0.15, 0.2) is 34.9 Å². The van der Waals surface area contributed by atoms with E-state index in [9.17, 15) is 9.90 Å². The van der Waals surface area contributed by atoms with Crippen LogP contribution in [0.1, 0.15) is 66.7 Å². The Kier molecular flexibility index (Phi) is 4.81. The molecule has 0 fully saturated rings. The van der Waals surface area contributed by atoms with Crippen molar-refractivity contribution in [2.45, 2.75) is 72.3 Å². The standard InChI is InChI=1S/C20H30O2/c1-14-7-6-8-15(2)11-12-20(5)16(10-9-14)17(13-18(20)21)19(3,4)22/h7,11,13,16,22H,6,8-10,12H2,1-5H3/b14-7+,15-11+/t16-,20+/m0/s1. The Morgan fingerprint density at radius 1 is 1.18 bits per heavy atom. The van der Waals surface area contributed by atoms with Crippen LogP contribution in [-0.2, 0) is 4.79 Å². The molecule has 0 aromatic heterocycles. The first-order valence-electron chi connectivity index (χ1n) is 8.45. The number of carbonyl (C=O) groups is 1. The maximum absolute atomic E-state index is 12.7. The quantitative estimate of drug-likeness (QED) is 0.710. The number of rotatable bonds is 1. The van der Waals surface area contributed by atoms with Crippen LogP contribution in [0.3, 0.4) is 0 Å². The summed E-state index contributed by atoms with van der Waals surface area (Å²) in [6, 6.07) is 0. The van der Waals surface area contributed by atoms with E-state index in [1.807, 2.05) is 0 Å². The lowest BCUT2D eigenvalue weighted by Gasteiger charge is -2.35. The van der Waals surface area contributed by atoms with Gasteiger partial charge in [-0.1, -0.05) is 30.2 Å². The van der Waals surface area contributed by atoms with E-state index in [0.717, 1.165) is 37.7 Å². The molecule has 1 N–H and O–H groups in total. The summed E-state index contributed by atoms with van der Waals surface area (Å²) in [7, 11) is 0. The second-order valence-electron chi connectivity index (χ2n) is 7.88. The van der Waals surface area contributed by atoms with E-state index in [-0.39, 0.29) is 11.7 Å². The fraction of sp³-hybridized carbons (Fsp3) is 0.650. The molecule has 0 aromatic carbocycles. The lowest BCUT2D eigenvalue weighted by molar-refractivity contribution is -0.123. The van der Waals surface area contributed by atoms with E-state index in [1.54, 1.807) is 19.9 Å². The van der Waals surface area contributed by atoms with Gasteiger partial charge in [0.25, 0.3) is 0 Å². The zero-order chi connectivity index (χ0) is 16.5. The first-order valence-corrected chi connectivity index (χ1v) is 8.45. The Balaban J connectivity index is 2.41. The summed E-state index contributed by atoms with van der Waals surface area (Å²) in [5.41, 5.74) is 2.34. The zero-order valence-electron chi connectivity index (χ0n) is 14.7. The molecule has 2 aliphatic carbocycles. The number of fused-ring (bicyclic) bond motifs is 1. The number of hydrogen-bond acceptors (Lipinski definition) is 2. The highest BCUT2D eigenvalue weighted by Crippen LogP contribution is 2.49. The first kappa shape index (κ1) is 17.2. The van der Waals surface area contributed by atoms with Crippen LogP contribution < -0.4 is 0 Å². The predicted molar refractivity (Wildman–Crippen MR) is 91.6 cm³/mol. The third-order valence-electron chi connectivity index (χ3n) is 5.43. The van der Waals surface area contributed by atoms with Crippen LogP contribution in [-0.4, -0.2) is 16.5 Å². The molecule has 2 rings (SSSR count). The second kappa shape index (κ2) is 6.16. The zero-order valence-corrected chi connectivity index (χ0v) is 14.7. The van der Waals surface area contributed by atoms with Crippen molar-refractivity contribution in [1.82, 2.24) is 0 Å². The Morgan fingerprint density at radius 3 is 2.45 bits per heavy atom. The summed E-state index contributed by atoms with van der Waals surface area (Å²) in [6.07, 6.45) is 11.1. The van der Waals surface area contributed by atoms with Gasteiger partial charge in [-0.2, -0.15) is 0 Å². The van der Waals surface area contributed by atoms with Gasteiger partial charge in [-0.3, -0.25) is 4.79 Å². The molecule has 0 heterocycles. The van der Waals surface area contributed by atoms with E-state index in [1.165, 1.54) is 11.1 Å². The largest absolute Gasteiger partial charge is 0.386 e. The van der Waals surface area contributed by atoms with Gasteiger partial charge >= 0.3 is 0 Å². The molecule has 0 radical (unpaired) electrons. The topological polar surface area (TPSA) is 37.3 Å². The fourth-order valence-corrected chi connectivity index (χ4v) is 3.75. The summed E-state index contributed by atoms with van der Waals surface area (Å²) in [5, 5.41) is 10.5. The highest BCUT2D eigenvalue weighted by molar-refractivity contribution is 5.99. The van der Waals surface area contributed by atoms with Crippen LogP contribution >= 0.6 is 0 Å². The van der Waals surface area contributed by atoms with Crippen LogP contribution in [0.25, 0.3) is 0 Å². The molecule has 0 amide bonds. The summed E-state index contributed by atoms with van der Waals surface area (Å²) >= 11 is 0. The fourth-order valence-electron chi connectivity index (χ4n) is 3.75. The van der Waals surface area contributed by atoms with E-state index in [4.69, 9.17) is 0 Å². The molecular weight excluding hydrogens is 272 g/mol. The monoisotopic (exact) mass is 302 g/mol. The molecule has 0 spiro atoms. The van der Waals surface area contributed by atoms with Gasteiger partial charge < -0.3 is 5.11 Å². The van der Waals surface area contributed by atoms with Gasteiger partial charge in [-0.15, -0.1) is 0 Å². The molecule has 22 heavy (non-hydrogen) atoms. The number of allylic oxidation sites excluding steroid dienone is 5. The van der Waals surface area contributed by atoms with Crippen LogP contribution in [0.2, 0.25) is 0 Å². The Morgan fingerprint density at radius 2 is 1.82 bits per heavy atom. The summed E-state index contributed by atoms with van der Waals surface area (Å²) < 4.78 is 0. The van der Waals surface area contributed by atoms with Gasteiger partial charge in [0.15, 0.2) is 5.78 Å². The van der Waals surface area contributed by atoms with Crippen molar-refractivity contribution in [3.05, 3.63) is 34.9 Å². The smallest absolute Gasteiger partial charge is 0.162 e. The van der Waals surface area contributed by atoms with Crippen molar-refractivity contribution < 1.29 is 9.90 Å². The molecule has 0 aliphatic heterocycles. The van der Waals surface area contributed by atoms with Crippen molar-refractivity contribution >= 4 is 5.78 Å². The maximum atomic E-state index is 12.7. The molecule has 0 unspecified atom stereocenters. The number of ketones is 1. The van der Waals surface area contributed by atoms with Crippen molar-refractivity contribution in [3.63, 3.8) is 0 Å². The molecule has 0 aromatic rings. The molecule has 0 saturated heterocycles. The molecule has 2 heteroatoms. The molecule has 122 valence electrons. The van der Waals surface area contributed by atoms with E-state index < -0.39 is 11.0 Å². The minimum Gasteiger partial charge on any atom is -0.386 e. The maximum Gasteiger partial charge on any atom is 0.162 e. The summed E-state index contributed by atoms with van der Waals surface area (Å²) in [4.78, 5) is 12.7. The van der Waals surface area contributed by atoms with Crippen molar-refractivity contribution in [2.24, 2.45) is 11.3 Å². The average molecular weight is 302 g/mol. The Labute approximate surface area is 135 Å². The molecular formula is C20H30O2. The second-order valence-corrected chi connectivity index (χ2v) is 7.88. The molecule has 0 saturated carbocycles. The normalized spacial score (nSPS) is 35.6. The number of aliphatic hydroxyl groups is 1. The van der Waals surface area contributed by atoms with Crippen LogP contribution in [0, 0.1) is 11.3 Å². The van der Waals surface area contributed by atoms with Crippen molar-refractivity contribution in [1.29, 1.82) is 0 Å². The van der Waals surface area contributed by atoms with E-state index >= 15 is 0 Å². The van der Waals surface area contributed by atoms with Gasteiger partial charge in [0.05, 0.1) is 5.60 Å². The highest BCUT2D eigenvalue weighted by Gasteiger charge is 2.48. The van der Waals surface area contributed by atoms with Crippen molar-refractivity contribution in [3.8, 4) is 0 Å². The minimum atomic E-state index is -0.922. The molecule has 2 atom stereocenters. The minimum absolute atomic E-state index is 0.130. The van der Waals surface area contributed by atoms with Gasteiger partial charge in [0, 0.05) is 5.41 Å². The highest BCUT2D eigenvalue weighted by atomic mass is 16.3. The lowest BCUT2D eigenvalue weighted by Crippen LogP contribution is -2.35. The first-order chi connectivity index (χ1) is 10.1. The van der Waals surface area contributed by atoms with Crippen molar-refractivity contribution in [2.75, 3.05) is 0 Å². The average Bonchev–Trinajstić information content (AvgIpc) is 2.65. The lowest BCUT2D eigenvalue weighted by atomic mass is 9.69. The number of carbonyl (C=O) groups excluding carboxylic acids is 1. The molecule has 0 bridgehead atoms. The van der Waals surface area contributed by atoms with Gasteiger partial charge in [0.2, 0.25) is 0 Å². The van der Waals surface area contributed by atoms with Gasteiger partial charge in [-0.25, -0.2) is 0 Å².